The van der Waals surface area contributed by atoms with Crippen LogP contribution in [0.4, 0.5) is 10.5 Å². The molecule has 6 heteroatoms. The Bertz CT molecular complexity index is 609. The van der Waals surface area contributed by atoms with E-state index in [0.717, 1.165) is 16.7 Å². The molecule has 5 nitrogen and oxygen atoms in total. The first kappa shape index (κ1) is 14.2. The highest BCUT2D eigenvalue weighted by molar-refractivity contribution is 8.13. The molecule has 0 unspecified atom stereocenters. The average Bonchev–Trinajstić information content (AvgIpc) is 2.92. The van der Waals surface area contributed by atoms with Gasteiger partial charge in [0.1, 0.15) is 6.26 Å². The Morgan fingerprint density at radius 1 is 1.25 bits per heavy atom. The van der Waals surface area contributed by atoms with Crippen LogP contribution in [0.2, 0.25) is 0 Å². The molecule has 0 bridgehead atoms. The van der Waals surface area contributed by atoms with Crippen molar-refractivity contribution in [3.63, 3.8) is 0 Å². The second-order valence-electron chi connectivity index (χ2n) is 4.26. The van der Waals surface area contributed by atoms with Crippen LogP contribution in [0.25, 0.3) is 0 Å². The number of nitrogens with one attached hydrogen (secondary N) is 1. The lowest BCUT2D eigenvalue weighted by molar-refractivity contribution is 0.102. The smallest absolute Gasteiger partial charge is 0.285 e. The van der Waals surface area contributed by atoms with Gasteiger partial charge in [0, 0.05) is 24.7 Å². The fraction of sp³-hybridized carbons (Fsp3) is 0.143. The Morgan fingerprint density at radius 2 is 2.05 bits per heavy atom. The summed E-state index contributed by atoms with van der Waals surface area (Å²) in [6, 6.07) is 8.71. The molecule has 0 fully saturated rings. The molecule has 2 aromatic rings. The number of hydrogen-bond donors (Lipinski definition) is 1. The summed E-state index contributed by atoms with van der Waals surface area (Å²) in [5, 5.41) is 2.68. The van der Waals surface area contributed by atoms with Gasteiger partial charge in [0.05, 0.1) is 11.8 Å². The Morgan fingerprint density at radius 3 is 2.70 bits per heavy atom. The van der Waals surface area contributed by atoms with Crippen molar-refractivity contribution in [3.8, 4) is 0 Å². The molecule has 1 aromatic heterocycles. The molecule has 0 aliphatic rings. The van der Waals surface area contributed by atoms with Crippen LogP contribution in [-0.4, -0.2) is 30.1 Å². The van der Waals surface area contributed by atoms with Gasteiger partial charge >= 0.3 is 0 Å². The van der Waals surface area contributed by atoms with E-state index in [1.807, 2.05) is 6.07 Å². The van der Waals surface area contributed by atoms with Gasteiger partial charge in [0.2, 0.25) is 0 Å². The van der Waals surface area contributed by atoms with Crippen molar-refractivity contribution in [2.45, 2.75) is 4.90 Å². The van der Waals surface area contributed by atoms with E-state index in [2.05, 4.69) is 5.32 Å². The van der Waals surface area contributed by atoms with Gasteiger partial charge in [-0.2, -0.15) is 0 Å². The standard InChI is InChI=1S/C14H14N2O3S/c1-16(2)14(18)20-12-5-3-4-11(8-12)15-13(17)10-6-7-19-9-10/h3-9H,1-2H3,(H,15,17). The summed E-state index contributed by atoms with van der Waals surface area (Å²) < 4.78 is 4.86. The minimum Gasteiger partial charge on any atom is -0.472 e. The predicted octanol–water partition coefficient (Wildman–Crippen LogP) is 3.31. The molecule has 1 heterocycles. The summed E-state index contributed by atoms with van der Waals surface area (Å²) in [6.07, 6.45) is 2.82. The van der Waals surface area contributed by atoms with Crippen molar-refractivity contribution in [3.05, 3.63) is 48.4 Å². The first-order valence-electron chi connectivity index (χ1n) is 5.89. The summed E-state index contributed by atoms with van der Waals surface area (Å²) in [5.41, 5.74) is 1.08. The van der Waals surface area contributed by atoms with Gasteiger partial charge in [0.25, 0.3) is 11.1 Å². The van der Waals surface area contributed by atoms with E-state index in [-0.39, 0.29) is 11.1 Å². The second kappa shape index (κ2) is 6.29. The third kappa shape index (κ3) is 3.64. The number of carbonyl (C=O) groups excluding carboxylic acids is 2. The van der Waals surface area contributed by atoms with Crippen LogP contribution in [0, 0.1) is 0 Å². The van der Waals surface area contributed by atoms with Gasteiger partial charge in [-0.15, -0.1) is 0 Å². The van der Waals surface area contributed by atoms with Gasteiger partial charge < -0.3 is 14.6 Å². The van der Waals surface area contributed by atoms with E-state index < -0.39 is 0 Å². The highest BCUT2D eigenvalue weighted by atomic mass is 32.2. The van der Waals surface area contributed by atoms with Crippen molar-refractivity contribution in [2.75, 3.05) is 19.4 Å². The normalized spacial score (nSPS) is 10.1. The number of carbonyl (C=O) groups is 2. The average molecular weight is 290 g/mol. The molecule has 2 amide bonds. The van der Waals surface area contributed by atoms with Gasteiger partial charge in [0.15, 0.2) is 0 Å². The van der Waals surface area contributed by atoms with Crippen LogP contribution in [0.1, 0.15) is 10.4 Å². The lowest BCUT2D eigenvalue weighted by Gasteiger charge is -2.10. The SMILES string of the molecule is CN(C)C(=O)Sc1cccc(NC(=O)c2ccoc2)c1. The van der Waals surface area contributed by atoms with Crippen molar-refractivity contribution < 1.29 is 14.0 Å². The minimum atomic E-state index is -0.250. The zero-order valence-electron chi connectivity index (χ0n) is 11.1. The molecular formula is C14H14N2O3S. The molecule has 0 radical (unpaired) electrons. The number of benzene rings is 1. The maximum Gasteiger partial charge on any atom is 0.285 e. The van der Waals surface area contributed by atoms with Crippen LogP contribution < -0.4 is 5.32 Å². The number of nitrogens with zero attached hydrogens (tertiary/aromatic N) is 1. The summed E-state index contributed by atoms with van der Waals surface area (Å²) in [7, 11) is 3.39. The van der Waals surface area contributed by atoms with Crippen molar-refractivity contribution in [1.29, 1.82) is 0 Å². The van der Waals surface area contributed by atoms with Gasteiger partial charge in [-0.25, -0.2) is 0 Å². The van der Waals surface area contributed by atoms with E-state index in [1.54, 1.807) is 38.4 Å². The Hall–Kier alpha value is -2.21. The van der Waals surface area contributed by atoms with E-state index in [9.17, 15) is 9.59 Å². The zero-order valence-corrected chi connectivity index (χ0v) is 11.9. The van der Waals surface area contributed by atoms with Crippen LogP contribution in [0.15, 0.2) is 52.2 Å². The highest BCUT2D eigenvalue weighted by Gasteiger charge is 2.10. The quantitative estimate of drug-likeness (QED) is 0.881. The largest absolute Gasteiger partial charge is 0.472 e. The van der Waals surface area contributed by atoms with Crippen molar-refractivity contribution >= 4 is 28.6 Å². The Labute approximate surface area is 120 Å². The van der Waals surface area contributed by atoms with E-state index >= 15 is 0 Å². The number of furan rings is 1. The molecule has 0 saturated heterocycles. The van der Waals surface area contributed by atoms with Crippen molar-refractivity contribution in [2.24, 2.45) is 0 Å². The summed E-state index contributed by atoms with van der Waals surface area (Å²) >= 11 is 1.11. The van der Waals surface area contributed by atoms with Crippen molar-refractivity contribution in [1.82, 2.24) is 4.90 Å². The summed E-state index contributed by atoms with van der Waals surface area (Å²) in [5.74, 6) is -0.250. The zero-order chi connectivity index (χ0) is 14.5. The number of hydrogen-bond acceptors (Lipinski definition) is 4. The monoisotopic (exact) mass is 290 g/mol. The van der Waals surface area contributed by atoms with Crippen LogP contribution in [0.3, 0.4) is 0 Å². The van der Waals surface area contributed by atoms with Gasteiger partial charge in [-0.3, -0.25) is 9.59 Å². The third-order valence-corrected chi connectivity index (χ3v) is 3.47. The third-order valence-electron chi connectivity index (χ3n) is 2.45. The fourth-order valence-electron chi connectivity index (χ4n) is 1.43. The molecule has 0 atom stereocenters. The molecule has 0 aliphatic heterocycles. The molecule has 1 aromatic carbocycles. The van der Waals surface area contributed by atoms with E-state index in [1.165, 1.54) is 17.4 Å². The number of rotatable bonds is 3. The molecule has 104 valence electrons. The van der Waals surface area contributed by atoms with Crippen LogP contribution in [-0.2, 0) is 0 Å². The van der Waals surface area contributed by atoms with Gasteiger partial charge in [-0.05, 0) is 36.0 Å². The number of anilines is 1. The maximum atomic E-state index is 11.9. The molecule has 0 saturated carbocycles. The summed E-state index contributed by atoms with van der Waals surface area (Å²) in [6.45, 7) is 0. The molecule has 0 spiro atoms. The lowest BCUT2D eigenvalue weighted by atomic mass is 10.3. The van der Waals surface area contributed by atoms with Crippen LogP contribution >= 0.6 is 11.8 Å². The topological polar surface area (TPSA) is 62.6 Å². The van der Waals surface area contributed by atoms with E-state index in [4.69, 9.17) is 4.42 Å². The minimum absolute atomic E-state index is 0.0664. The number of amides is 2. The van der Waals surface area contributed by atoms with Gasteiger partial charge in [-0.1, -0.05) is 6.07 Å². The predicted molar refractivity (Wildman–Crippen MR) is 78.0 cm³/mol. The first-order valence-corrected chi connectivity index (χ1v) is 6.70. The molecule has 0 aliphatic carbocycles. The summed E-state index contributed by atoms with van der Waals surface area (Å²) in [4.78, 5) is 25.8. The Balaban J connectivity index is 2.06. The first-order chi connectivity index (χ1) is 9.56. The maximum absolute atomic E-state index is 11.9. The fourth-order valence-corrected chi connectivity index (χ4v) is 2.14. The molecule has 20 heavy (non-hydrogen) atoms. The van der Waals surface area contributed by atoms with E-state index in [0.29, 0.717) is 11.3 Å². The Kier molecular flexibility index (Phi) is 4.47. The highest BCUT2D eigenvalue weighted by Crippen LogP contribution is 2.23. The molecule has 2 rings (SSSR count). The number of thioether (sulfide) groups is 1. The van der Waals surface area contributed by atoms with Crippen LogP contribution in [0.5, 0.6) is 0 Å². The lowest BCUT2D eigenvalue weighted by Crippen LogP contribution is -2.16. The second-order valence-corrected chi connectivity index (χ2v) is 5.28. The molecule has 1 N–H and O–H groups in total. The molecular weight excluding hydrogens is 276 g/mol.